The van der Waals surface area contributed by atoms with Gasteiger partial charge in [0.1, 0.15) is 0 Å². The third-order valence-corrected chi connectivity index (χ3v) is 0.637. The van der Waals surface area contributed by atoms with Gasteiger partial charge in [0.15, 0.2) is 0 Å². The minimum Gasteiger partial charge on any atom is -0.287 e. The van der Waals surface area contributed by atoms with Crippen LogP contribution < -0.4 is 0 Å². The molecule has 0 aliphatic rings. The summed E-state index contributed by atoms with van der Waals surface area (Å²) >= 11 is 0. The molecular formula is C5H7NO3. The summed E-state index contributed by atoms with van der Waals surface area (Å²) < 4.78 is 0. The van der Waals surface area contributed by atoms with Gasteiger partial charge in [0, 0.05) is 4.92 Å². The van der Waals surface area contributed by atoms with Crippen LogP contribution in [0.5, 0.6) is 0 Å². The smallest absolute Gasteiger partial charge is 0.265 e. The van der Waals surface area contributed by atoms with Gasteiger partial charge < -0.3 is 0 Å². The minimum atomic E-state index is -0.650. The van der Waals surface area contributed by atoms with Crippen molar-refractivity contribution in [3.63, 3.8) is 0 Å². The number of nitrogens with zero attached hydrogens (tertiary/aromatic N) is 1. The number of hydrogen-bond acceptors (Lipinski definition) is 3. The standard InChI is InChI=1S/C5H7NO3/c1-2-3-5(7)4-6(8)9/h2-3H,4H2,1H3/b3-2-. The van der Waals surface area contributed by atoms with Crippen molar-refractivity contribution >= 4 is 5.78 Å². The first-order valence-corrected chi connectivity index (χ1v) is 2.44. The number of nitro groups is 1. The lowest BCUT2D eigenvalue weighted by atomic mass is 10.4. The SMILES string of the molecule is C/C=C\C(=O)C[N+](=O)[O-]. The molecule has 0 bridgehead atoms. The Hall–Kier alpha value is -1.19. The zero-order chi connectivity index (χ0) is 7.28. The molecule has 0 aromatic heterocycles. The molecule has 9 heavy (non-hydrogen) atoms. The maximum absolute atomic E-state index is 10.3. The Morgan fingerprint density at radius 3 is 2.67 bits per heavy atom. The Labute approximate surface area is 52.3 Å². The summed E-state index contributed by atoms with van der Waals surface area (Å²) in [6.07, 6.45) is 2.66. The fourth-order valence-corrected chi connectivity index (χ4v) is 0.366. The summed E-state index contributed by atoms with van der Waals surface area (Å²) in [5, 5.41) is 9.64. The van der Waals surface area contributed by atoms with E-state index in [0.717, 1.165) is 0 Å². The van der Waals surface area contributed by atoms with Crippen molar-refractivity contribution in [2.75, 3.05) is 6.54 Å². The van der Waals surface area contributed by atoms with E-state index in [1.165, 1.54) is 12.2 Å². The highest BCUT2D eigenvalue weighted by atomic mass is 16.6. The highest BCUT2D eigenvalue weighted by molar-refractivity contribution is 5.90. The van der Waals surface area contributed by atoms with Crippen molar-refractivity contribution in [2.45, 2.75) is 6.92 Å². The van der Waals surface area contributed by atoms with E-state index in [1.807, 2.05) is 0 Å². The first kappa shape index (κ1) is 7.81. The van der Waals surface area contributed by atoms with E-state index in [2.05, 4.69) is 0 Å². The maximum atomic E-state index is 10.3. The lowest BCUT2D eigenvalue weighted by Gasteiger charge is -1.83. The monoisotopic (exact) mass is 129 g/mol. The van der Waals surface area contributed by atoms with Gasteiger partial charge in [-0.15, -0.1) is 0 Å². The van der Waals surface area contributed by atoms with E-state index in [1.54, 1.807) is 6.92 Å². The van der Waals surface area contributed by atoms with Gasteiger partial charge in [-0.1, -0.05) is 6.08 Å². The Kier molecular flexibility index (Phi) is 3.27. The van der Waals surface area contributed by atoms with Gasteiger partial charge in [0.05, 0.1) is 0 Å². The number of carbonyl (C=O) groups is 1. The molecule has 0 atom stereocenters. The predicted octanol–water partition coefficient (Wildman–Crippen LogP) is 0.408. The third kappa shape index (κ3) is 4.67. The molecule has 0 heterocycles. The Bertz CT molecular complexity index is 150. The molecule has 0 amide bonds. The topological polar surface area (TPSA) is 60.2 Å². The fraction of sp³-hybridized carbons (Fsp3) is 0.400. The highest BCUT2D eigenvalue weighted by Gasteiger charge is 2.02. The van der Waals surface area contributed by atoms with E-state index < -0.39 is 17.3 Å². The number of ketones is 1. The molecule has 4 heteroatoms. The van der Waals surface area contributed by atoms with Gasteiger partial charge in [0.2, 0.25) is 5.78 Å². The Morgan fingerprint density at radius 2 is 2.33 bits per heavy atom. The largest absolute Gasteiger partial charge is 0.287 e. The lowest BCUT2D eigenvalue weighted by molar-refractivity contribution is -0.466. The lowest BCUT2D eigenvalue weighted by Crippen LogP contribution is -2.10. The summed E-state index contributed by atoms with van der Waals surface area (Å²) in [7, 11) is 0. The van der Waals surface area contributed by atoms with Crippen molar-refractivity contribution in [2.24, 2.45) is 0 Å². The molecule has 4 nitrogen and oxygen atoms in total. The summed E-state index contributed by atoms with van der Waals surface area (Å²) in [6.45, 7) is 1.03. The average molecular weight is 129 g/mol. The highest BCUT2D eigenvalue weighted by Crippen LogP contribution is 1.77. The van der Waals surface area contributed by atoms with Crippen molar-refractivity contribution in [1.82, 2.24) is 0 Å². The summed E-state index contributed by atoms with van der Waals surface area (Å²) in [6, 6.07) is 0. The van der Waals surface area contributed by atoms with Crippen LogP contribution >= 0.6 is 0 Å². The summed E-state index contributed by atoms with van der Waals surface area (Å²) in [4.78, 5) is 19.3. The van der Waals surface area contributed by atoms with Crippen LogP contribution in [0, 0.1) is 10.1 Å². The average Bonchev–Trinajstić information content (AvgIpc) is 1.63. The van der Waals surface area contributed by atoms with Crippen molar-refractivity contribution in [3.05, 3.63) is 22.3 Å². The molecule has 0 aliphatic heterocycles. The van der Waals surface area contributed by atoms with Gasteiger partial charge in [-0.05, 0) is 13.0 Å². The van der Waals surface area contributed by atoms with Gasteiger partial charge in [-0.3, -0.25) is 14.9 Å². The molecule has 0 saturated heterocycles. The number of allylic oxidation sites excluding steroid dienone is 1. The zero-order valence-corrected chi connectivity index (χ0v) is 5.03. The first-order valence-electron chi connectivity index (χ1n) is 2.44. The zero-order valence-electron chi connectivity index (χ0n) is 5.03. The number of rotatable bonds is 3. The van der Waals surface area contributed by atoms with Gasteiger partial charge in [-0.25, -0.2) is 0 Å². The second kappa shape index (κ2) is 3.77. The van der Waals surface area contributed by atoms with E-state index in [4.69, 9.17) is 0 Å². The molecular weight excluding hydrogens is 122 g/mol. The Balaban J connectivity index is 3.64. The third-order valence-electron chi connectivity index (χ3n) is 0.637. The summed E-state index contributed by atoms with van der Waals surface area (Å²) in [5.74, 6) is -0.470. The molecule has 0 rings (SSSR count). The van der Waals surface area contributed by atoms with E-state index >= 15 is 0 Å². The molecule has 0 unspecified atom stereocenters. The fourth-order valence-electron chi connectivity index (χ4n) is 0.366. The number of carbonyl (C=O) groups excluding carboxylic acids is 1. The normalized spacial score (nSPS) is 9.89. The van der Waals surface area contributed by atoms with Crippen molar-refractivity contribution < 1.29 is 9.72 Å². The van der Waals surface area contributed by atoms with Crippen LogP contribution in [0.3, 0.4) is 0 Å². The van der Waals surface area contributed by atoms with Crippen molar-refractivity contribution in [1.29, 1.82) is 0 Å². The minimum absolute atomic E-state index is 0.470. The molecule has 0 spiro atoms. The molecule has 0 aliphatic carbocycles. The van der Waals surface area contributed by atoms with Crippen molar-refractivity contribution in [3.8, 4) is 0 Å². The first-order chi connectivity index (χ1) is 4.16. The van der Waals surface area contributed by atoms with Gasteiger partial charge in [0.25, 0.3) is 6.54 Å². The number of hydrogen-bond donors (Lipinski definition) is 0. The predicted molar refractivity (Wildman–Crippen MR) is 31.7 cm³/mol. The van der Waals surface area contributed by atoms with Crippen LogP contribution in [0.2, 0.25) is 0 Å². The molecule has 0 radical (unpaired) electrons. The van der Waals surface area contributed by atoms with Gasteiger partial charge in [-0.2, -0.15) is 0 Å². The Morgan fingerprint density at radius 1 is 1.78 bits per heavy atom. The van der Waals surface area contributed by atoms with Crippen LogP contribution in [0.25, 0.3) is 0 Å². The maximum Gasteiger partial charge on any atom is 0.265 e. The second-order valence-electron chi connectivity index (χ2n) is 1.46. The second-order valence-corrected chi connectivity index (χ2v) is 1.46. The quantitative estimate of drug-likeness (QED) is 0.315. The molecule has 0 N–H and O–H groups in total. The van der Waals surface area contributed by atoms with Crippen LogP contribution in [-0.2, 0) is 4.79 Å². The van der Waals surface area contributed by atoms with Gasteiger partial charge >= 0.3 is 0 Å². The van der Waals surface area contributed by atoms with Crippen LogP contribution in [-0.4, -0.2) is 17.3 Å². The molecule has 0 saturated carbocycles. The molecule has 0 aromatic carbocycles. The van der Waals surface area contributed by atoms with Crippen LogP contribution in [0.4, 0.5) is 0 Å². The molecule has 50 valence electrons. The molecule has 0 aromatic rings. The van der Waals surface area contributed by atoms with Crippen LogP contribution in [0.15, 0.2) is 12.2 Å². The van der Waals surface area contributed by atoms with E-state index in [0.29, 0.717) is 0 Å². The molecule has 0 fully saturated rings. The van der Waals surface area contributed by atoms with E-state index in [9.17, 15) is 14.9 Å². The van der Waals surface area contributed by atoms with Crippen LogP contribution in [0.1, 0.15) is 6.92 Å². The van der Waals surface area contributed by atoms with E-state index in [-0.39, 0.29) is 0 Å². The summed E-state index contributed by atoms with van der Waals surface area (Å²) in [5.41, 5.74) is 0.